The quantitative estimate of drug-likeness (QED) is 0.335. The Hall–Kier alpha value is -3.19. The highest BCUT2D eigenvalue weighted by molar-refractivity contribution is 7.17. The molecule has 3 aromatic heterocycles. The van der Waals surface area contributed by atoms with Gasteiger partial charge in [0.05, 0.1) is 24.5 Å². The van der Waals surface area contributed by atoms with Gasteiger partial charge in [0.1, 0.15) is 22.7 Å². The third kappa shape index (κ3) is 3.75. The van der Waals surface area contributed by atoms with Crippen LogP contribution in [0.1, 0.15) is 25.3 Å². The van der Waals surface area contributed by atoms with Gasteiger partial charge in [-0.2, -0.15) is 9.78 Å². The molecule has 6 nitrogen and oxygen atoms in total. The summed E-state index contributed by atoms with van der Waals surface area (Å²) in [5, 5.41) is 6.67. The monoisotopic (exact) mass is 393 g/mol. The number of unbranched alkanes of at least 4 members (excludes halogenated alkanes) is 1. The first-order valence-electron chi connectivity index (χ1n) is 9.06. The van der Waals surface area contributed by atoms with Gasteiger partial charge >= 0.3 is 0 Å². The highest BCUT2D eigenvalue weighted by Gasteiger charge is 2.14. The van der Waals surface area contributed by atoms with Crippen molar-refractivity contribution in [3.05, 3.63) is 70.3 Å². The molecule has 0 atom stereocenters. The number of hydrogen-bond acceptors (Lipinski definition) is 6. The van der Waals surface area contributed by atoms with E-state index in [1.54, 1.807) is 18.5 Å². The predicted octanol–water partition coefficient (Wildman–Crippen LogP) is 4.78. The summed E-state index contributed by atoms with van der Waals surface area (Å²) in [6, 6.07) is 11.2. The first-order valence-corrected chi connectivity index (χ1v) is 9.94. The van der Waals surface area contributed by atoms with Gasteiger partial charge in [-0.3, -0.25) is 4.79 Å². The minimum atomic E-state index is -0.228. The molecule has 28 heavy (non-hydrogen) atoms. The van der Waals surface area contributed by atoms with Crippen molar-refractivity contribution in [2.24, 2.45) is 5.10 Å². The third-order valence-electron chi connectivity index (χ3n) is 4.24. The highest BCUT2D eigenvalue weighted by Crippen LogP contribution is 2.30. The summed E-state index contributed by atoms with van der Waals surface area (Å²) < 4.78 is 12.3. The van der Waals surface area contributed by atoms with E-state index in [0.29, 0.717) is 22.6 Å². The van der Waals surface area contributed by atoms with Crippen LogP contribution in [0, 0.1) is 0 Å². The zero-order valence-corrected chi connectivity index (χ0v) is 16.2. The van der Waals surface area contributed by atoms with Crippen LogP contribution >= 0.6 is 11.3 Å². The van der Waals surface area contributed by atoms with Gasteiger partial charge in [0.25, 0.3) is 5.56 Å². The highest BCUT2D eigenvalue weighted by atomic mass is 32.1. The molecular weight excluding hydrogens is 374 g/mol. The predicted molar refractivity (Wildman–Crippen MR) is 111 cm³/mol. The van der Waals surface area contributed by atoms with E-state index in [1.165, 1.54) is 22.3 Å². The molecule has 142 valence electrons. The lowest BCUT2D eigenvalue weighted by atomic mass is 10.2. The van der Waals surface area contributed by atoms with Gasteiger partial charge in [-0.1, -0.05) is 13.3 Å². The summed E-state index contributed by atoms with van der Waals surface area (Å²) in [6.07, 6.45) is 6.78. The molecule has 0 aliphatic rings. The van der Waals surface area contributed by atoms with Crippen LogP contribution in [0.25, 0.3) is 21.5 Å². The Bertz CT molecular complexity index is 1140. The Morgan fingerprint density at radius 1 is 1.29 bits per heavy atom. The maximum absolute atomic E-state index is 12.9. The Labute approximate surface area is 165 Å². The van der Waals surface area contributed by atoms with Gasteiger partial charge in [0, 0.05) is 10.9 Å². The molecule has 0 bridgehead atoms. The number of thiophene rings is 1. The van der Waals surface area contributed by atoms with E-state index < -0.39 is 0 Å². The first kappa shape index (κ1) is 18.2. The van der Waals surface area contributed by atoms with E-state index in [-0.39, 0.29) is 5.56 Å². The smallest absolute Gasteiger partial charge is 0.283 e. The van der Waals surface area contributed by atoms with Crippen LogP contribution in [0.4, 0.5) is 0 Å². The summed E-state index contributed by atoms with van der Waals surface area (Å²) in [7, 11) is 0. The summed E-state index contributed by atoms with van der Waals surface area (Å²) in [4.78, 5) is 17.9. The number of furan rings is 1. The summed E-state index contributed by atoms with van der Waals surface area (Å²) >= 11 is 1.41. The lowest BCUT2D eigenvalue weighted by Crippen LogP contribution is -2.16. The Kier molecular flexibility index (Phi) is 5.34. The molecule has 0 saturated carbocycles. The van der Waals surface area contributed by atoms with Gasteiger partial charge in [-0.25, -0.2) is 4.98 Å². The standard InChI is InChI=1S/C21H19N3O3S/c1-2-3-10-26-16-8-6-15(7-9-16)12-23-24-14-22-20-19(21(24)25)17(13-28-20)18-5-4-11-27-18/h4-9,11-14H,2-3,10H2,1H3/b23-12-. The fourth-order valence-electron chi connectivity index (χ4n) is 2.73. The largest absolute Gasteiger partial charge is 0.494 e. The van der Waals surface area contributed by atoms with Crippen LogP contribution in [0.2, 0.25) is 0 Å². The Balaban J connectivity index is 1.59. The van der Waals surface area contributed by atoms with Crippen molar-refractivity contribution in [1.82, 2.24) is 9.66 Å². The molecule has 4 rings (SSSR count). The molecule has 0 spiro atoms. The molecule has 0 radical (unpaired) electrons. The van der Waals surface area contributed by atoms with Gasteiger partial charge in [0.15, 0.2) is 0 Å². The molecule has 0 aliphatic heterocycles. The maximum Gasteiger partial charge on any atom is 0.283 e. The maximum atomic E-state index is 12.9. The van der Waals surface area contributed by atoms with Crippen molar-refractivity contribution in [3.63, 3.8) is 0 Å². The Morgan fingerprint density at radius 2 is 2.14 bits per heavy atom. The van der Waals surface area contributed by atoms with Crippen LogP contribution in [0.15, 0.2) is 68.7 Å². The van der Waals surface area contributed by atoms with Crippen LogP contribution in [0.3, 0.4) is 0 Å². The van der Waals surface area contributed by atoms with Crippen molar-refractivity contribution >= 4 is 27.8 Å². The SMILES string of the molecule is CCCCOc1ccc(/C=N\n2cnc3scc(-c4ccco4)c3c2=O)cc1. The molecule has 0 aliphatic carbocycles. The third-order valence-corrected chi connectivity index (χ3v) is 5.13. The van der Waals surface area contributed by atoms with Gasteiger partial charge in [0.2, 0.25) is 0 Å². The van der Waals surface area contributed by atoms with Gasteiger partial charge < -0.3 is 9.15 Å². The zero-order valence-electron chi connectivity index (χ0n) is 15.4. The van der Waals surface area contributed by atoms with E-state index >= 15 is 0 Å². The number of fused-ring (bicyclic) bond motifs is 1. The Morgan fingerprint density at radius 3 is 2.89 bits per heavy atom. The van der Waals surface area contributed by atoms with Crippen molar-refractivity contribution < 1.29 is 9.15 Å². The van der Waals surface area contributed by atoms with E-state index in [2.05, 4.69) is 17.0 Å². The van der Waals surface area contributed by atoms with E-state index in [9.17, 15) is 4.79 Å². The second-order valence-electron chi connectivity index (χ2n) is 6.22. The number of benzene rings is 1. The van der Waals surface area contributed by atoms with Gasteiger partial charge in [-0.15, -0.1) is 11.3 Å². The molecule has 0 saturated heterocycles. The van der Waals surface area contributed by atoms with Crippen LogP contribution in [-0.2, 0) is 0 Å². The minimum absolute atomic E-state index is 0.228. The number of rotatable bonds is 7. The molecule has 0 N–H and O–H groups in total. The molecular formula is C21H19N3O3S. The number of hydrogen-bond donors (Lipinski definition) is 0. The summed E-state index contributed by atoms with van der Waals surface area (Å²) in [5.41, 5.74) is 1.38. The first-order chi connectivity index (χ1) is 13.8. The van der Waals surface area contributed by atoms with Gasteiger partial charge in [-0.05, 0) is 48.4 Å². The number of nitrogens with zero attached hydrogens (tertiary/aromatic N) is 3. The van der Waals surface area contributed by atoms with E-state index in [0.717, 1.165) is 29.7 Å². The summed E-state index contributed by atoms with van der Waals surface area (Å²) in [5.74, 6) is 1.47. The fourth-order valence-corrected chi connectivity index (χ4v) is 3.62. The van der Waals surface area contributed by atoms with E-state index in [4.69, 9.17) is 9.15 Å². The average Bonchev–Trinajstić information content (AvgIpc) is 3.38. The van der Waals surface area contributed by atoms with Crippen molar-refractivity contribution in [2.45, 2.75) is 19.8 Å². The van der Waals surface area contributed by atoms with E-state index in [1.807, 2.05) is 35.7 Å². The minimum Gasteiger partial charge on any atom is -0.494 e. The van der Waals surface area contributed by atoms with Crippen molar-refractivity contribution in [2.75, 3.05) is 6.61 Å². The lowest BCUT2D eigenvalue weighted by molar-refractivity contribution is 0.309. The molecule has 4 aromatic rings. The second kappa shape index (κ2) is 8.22. The average molecular weight is 393 g/mol. The van der Waals surface area contributed by atoms with Crippen LogP contribution < -0.4 is 10.3 Å². The number of ether oxygens (including phenoxy) is 1. The van der Waals surface area contributed by atoms with Crippen LogP contribution in [0.5, 0.6) is 5.75 Å². The van der Waals surface area contributed by atoms with Crippen LogP contribution in [-0.4, -0.2) is 22.5 Å². The normalized spacial score (nSPS) is 11.5. The zero-order chi connectivity index (χ0) is 19.3. The molecule has 0 fully saturated rings. The molecule has 7 heteroatoms. The van der Waals surface area contributed by atoms with Crippen molar-refractivity contribution in [3.8, 4) is 17.1 Å². The van der Waals surface area contributed by atoms with Crippen molar-refractivity contribution in [1.29, 1.82) is 0 Å². The summed E-state index contributed by atoms with van der Waals surface area (Å²) in [6.45, 7) is 2.84. The molecule has 1 aromatic carbocycles. The topological polar surface area (TPSA) is 69.6 Å². The lowest BCUT2D eigenvalue weighted by Gasteiger charge is -2.05. The second-order valence-corrected chi connectivity index (χ2v) is 7.07. The molecule has 3 heterocycles. The number of aromatic nitrogens is 2. The fraction of sp³-hybridized carbons (Fsp3) is 0.190. The molecule has 0 unspecified atom stereocenters. The molecule has 0 amide bonds.